The quantitative estimate of drug-likeness (QED) is 0.765. The minimum Gasteiger partial charge on any atom is -0.454 e. The van der Waals surface area contributed by atoms with E-state index in [-0.39, 0.29) is 28.0 Å². The molecule has 2 aromatic rings. The van der Waals surface area contributed by atoms with Crippen molar-refractivity contribution in [2.45, 2.75) is 11.7 Å². The number of furan rings is 1. The standard InChI is InChI=1S/C14H13ClFNO5S/c1-17(2)23(19,20)13-6-4-10(22-13)8-21-14(18)11-5-3-9(16)7-12(11)15/h3-7H,8H2,1-2H3. The Balaban J connectivity index is 2.07. The fraction of sp³-hybridized carbons (Fsp3) is 0.214. The van der Waals surface area contributed by atoms with Crippen LogP contribution in [0.15, 0.2) is 39.8 Å². The van der Waals surface area contributed by atoms with E-state index in [4.69, 9.17) is 20.8 Å². The first kappa shape index (κ1) is 17.5. The molecule has 124 valence electrons. The van der Waals surface area contributed by atoms with Gasteiger partial charge in [-0.1, -0.05) is 11.6 Å². The van der Waals surface area contributed by atoms with E-state index in [0.29, 0.717) is 0 Å². The number of hydrogen-bond donors (Lipinski definition) is 0. The molecule has 0 radical (unpaired) electrons. The Morgan fingerprint density at radius 3 is 2.61 bits per heavy atom. The lowest BCUT2D eigenvalue weighted by Gasteiger charge is -2.08. The molecule has 1 aromatic carbocycles. The predicted octanol–water partition coefficient (Wildman–Crippen LogP) is 2.68. The van der Waals surface area contributed by atoms with Gasteiger partial charge in [0.2, 0.25) is 5.09 Å². The van der Waals surface area contributed by atoms with Crippen LogP contribution in [0.2, 0.25) is 5.02 Å². The van der Waals surface area contributed by atoms with Gasteiger partial charge in [-0.15, -0.1) is 0 Å². The highest BCUT2D eigenvalue weighted by Gasteiger charge is 2.22. The molecule has 23 heavy (non-hydrogen) atoms. The Morgan fingerprint density at radius 1 is 1.30 bits per heavy atom. The molecule has 0 aliphatic heterocycles. The van der Waals surface area contributed by atoms with Crippen molar-refractivity contribution in [1.82, 2.24) is 4.31 Å². The van der Waals surface area contributed by atoms with Gasteiger partial charge in [0.05, 0.1) is 10.6 Å². The molecule has 6 nitrogen and oxygen atoms in total. The summed E-state index contributed by atoms with van der Waals surface area (Å²) in [5, 5.41) is -0.335. The van der Waals surface area contributed by atoms with Gasteiger partial charge in [-0.25, -0.2) is 21.9 Å². The number of sulfonamides is 1. The molecule has 2 rings (SSSR count). The molecule has 9 heteroatoms. The van der Waals surface area contributed by atoms with Gasteiger partial charge in [0.25, 0.3) is 10.0 Å². The van der Waals surface area contributed by atoms with Crippen LogP contribution in [-0.2, 0) is 21.4 Å². The first-order valence-electron chi connectivity index (χ1n) is 6.35. The van der Waals surface area contributed by atoms with Crippen LogP contribution in [0.1, 0.15) is 16.1 Å². The van der Waals surface area contributed by atoms with Crippen molar-refractivity contribution in [3.8, 4) is 0 Å². The number of ether oxygens (including phenoxy) is 1. The smallest absolute Gasteiger partial charge is 0.340 e. The summed E-state index contributed by atoms with van der Waals surface area (Å²) in [7, 11) is -0.957. The van der Waals surface area contributed by atoms with Crippen LogP contribution in [0, 0.1) is 5.82 Å². The molecule has 0 aliphatic rings. The number of nitrogens with zero attached hydrogens (tertiary/aromatic N) is 1. The van der Waals surface area contributed by atoms with Gasteiger partial charge in [-0.2, -0.15) is 0 Å². The van der Waals surface area contributed by atoms with Crippen molar-refractivity contribution >= 4 is 27.6 Å². The highest BCUT2D eigenvalue weighted by molar-refractivity contribution is 7.88. The molecule has 0 amide bonds. The number of benzene rings is 1. The third-order valence-corrected chi connectivity index (χ3v) is 4.87. The zero-order valence-corrected chi connectivity index (χ0v) is 13.8. The largest absolute Gasteiger partial charge is 0.454 e. The Kier molecular flexibility index (Phi) is 5.08. The number of rotatable bonds is 5. The molecule has 0 fully saturated rings. The fourth-order valence-electron chi connectivity index (χ4n) is 1.62. The molecule has 0 saturated heterocycles. The van der Waals surface area contributed by atoms with E-state index in [2.05, 4.69) is 0 Å². The normalized spacial score (nSPS) is 11.7. The lowest BCUT2D eigenvalue weighted by Crippen LogP contribution is -2.21. The minimum absolute atomic E-state index is 0.000703. The summed E-state index contributed by atoms with van der Waals surface area (Å²) in [5.74, 6) is -1.20. The number of hydrogen-bond acceptors (Lipinski definition) is 5. The van der Waals surface area contributed by atoms with Crippen molar-refractivity contribution in [2.24, 2.45) is 0 Å². The topological polar surface area (TPSA) is 76.8 Å². The third-order valence-electron chi connectivity index (χ3n) is 2.87. The highest BCUT2D eigenvalue weighted by atomic mass is 35.5. The molecule has 0 unspecified atom stereocenters. The van der Waals surface area contributed by atoms with Gasteiger partial charge in [0.1, 0.15) is 18.2 Å². The Labute approximate surface area is 137 Å². The Bertz CT molecular complexity index is 831. The Hall–Kier alpha value is -1.90. The second-order valence-corrected chi connectivity index (χ2v) is 7.20. The second kappa shape index (κ2) is 6.69. The van der Waals surface area contributed by atoms with E-state index in [1.54, 1.807) is 0 Å². The summed E-state index contributed by atoms with van der Waals surface area (Å²) in [6, 6.07) is 5.92. The van der Waals surface area contributed by atoms with Gasteiger partial charge in [0.15, 0.2) is 0 Å². The molecule has 0 atom stereocenters. The van der Waals surface area contributed by atoms with Gasteiger partial charge in [-0.05, 0) is 30.3 Å². The van der Waals surface area contributed by atoms with Crippen LogP contribution in [0.3, 0.4) is 0 Å². The molecular weight excluding hydrogens is 349 g/mol. The van der Waals surface area contributed by atoms with E-state index in [1.807, 2.05) is 0 Å². The van der Waals surface area contributed by atoms with Crippen molar-refractivity contribution in [1.29, 1.82) is 0 Å². The van der Waals surface area contributed by atoms with E-state index in [9.17, 15) is 17.6 Å². The summed E-state index contributed by atoms with van der Waals surface area (Å²) < 4.78 is 47.8. The number of carbonyl (C=O) groups excluding carboxylic acids is 1. The zero-order chi connectivity index (χ0) is 17.2. The maximum absolute atomic E-state index is 12.9. The van der Waals surface area contributed by atoms with E-state index in [0.717, 1.165) is 16.4 Å². The average Bonchev–Trinajstić information content (AvgIpc) is 2.94. The summed E-state index contributed by atoms with van der Waals surface area (Å²) in [6.45, 7) is -0.282. The van der Waals surface area contributed by atoms with Crippen molar-refractivity contribution in [3.63, 3.8) is 0 Å². The van der Waals surface area contributed by atoms with Crippen LogP contribution in [0.5, 0.6) is 0 Å². The molecule has 1 heterocycles. The second-order valence-electron chi connectivity index (χ2n) is 4.71. The van der Waals surface area contributed by atoms with Crippen molar-refractivity contribution in [3.05, 3.63) is 52.5 Å². The predicted molar refractivity (Wildman–Crippen MR) is 80.1 cm³/mol. The molecule has 0 bridgehead atoms. The van der Waals surface area contributed by atoms with E-state index >= 15 is 0 Å². The van der Waals surface area contributed by atoms with Crippen LogP contribution in [0.25, 0.3) is 0 Å². The molecular formula is C14H13ClFNO5S. The Morgan fingerprint density at radius 2 is 2.00 bits per heavy atom. The fourth-order valence-corrected chi connectivity index (χ4v) is 2.68. The summed E-state index contributed by atoms with van der Waals surface area (Å²) in [5.41, 5.74) is 0.000703. The van der Waals surface area contributed by atoms with Crippen molar-refractivity contribution < 1.29 is 26.8 Å². The maximum atomic E-state index is 12.9. The van der Waals surface area contributed by atoms with Gasteiger partial charge < -0.3 is 9.15 Å². The number of halogens is 2. The van der Waals surface area contributed by atoms with E-state index in [1.165, 1.54) is 32.3 Å². The lowest BCUT2D eigenvalue weighted by molar-refractivity contribution is 0.0441. The summed E-state index contributed by atoms with van der Waals surface area (Å²) >= 11 is 5.76. The van der Waals surface area contributed by atoms with Crippen LogP contribution < -0.4 is 0 Å². The summed E-state index contributed by atoms with van der Waals surface area (Å²) in [4.78, 5) is 11.9. The molecule has 1 aromatic heterocycles. The van der Waals surface area contributed by atoms with Crippen LogP contribution in [-0.4, -0.2) is 32.8 Å². The van der Waals surface area contributed by atoms with E-state index < -0.39 is 21.8 Å². The average molecular weight is 362 g/mol. The number of esters is 1. The van der Waals surface area contributed by atoms with Crippen molar-refractivity contribution in [2.75, 3.05) is 14.1 Å². The summed E-state index contributed by atoms with van der Waals surface area (Å²) in [6.07, 6.45) is 0. The SMILES string of the molecule is CN(C)S(=O)(=O)c1ccc(COC(=O)c2ccc(F)cc2Cl)o1. The van der Waals surface area contributed by atoms with Crippen LogP contribution >= 0.6 is 11.6 Å². The lowest BCUT2D eigenvalue weighted by atomic mass is 10.2. The van der Waals surface area contributed by atoms with Gasteiger partial charge in [-0.3, -0.25) is 0 Å². The first-order chi connectivity index (χ1) is 10.7. The van der Waals surface area contributed by atoms with Gasteiger partial charge >= 0.3 is 5.97 Å². The molecule has 0 spiro atoms. The molecule has 0 aliphatic carbocycles. The third kappa shape index (κ3) is 3.90. The number of carbonyl (C=O) groups is 1. The zero-order valence-electron chi connectivity index (χ0n) is 12.2. The highest BCUT2D eigenvalue weighted by Crippen LogP contribution is 2.20. The minimum atomic E-state index is -3.69. The van der Waals surface area contributed by atoms with Gasteiger partial charge in [0, 0.05) is 14.1 Å². The van der Waals surface area contributed by atoms with Crippen LogP contribution in [0.4, 0.5) is 4.39 Å². The molecule has 0 N–H and O–H groups in total. The molecule has 0 saturated carbocycles. The first-order valence-corrected chi connectivity index (χ1v) is 8.17. The maximum Gasteiger partial charge on any atom is 0.340 e. The monoisotopic (exact) mass is 361 g/mol.